The van der Waals surface area contributed by atoms with E-state index >= 15 is 0 Å². The Bertz CT molecular complexity index is 2930. The molecule has 0 aliphatic carbocycles. The highest BCUT2D eigenvalue weighted by Gasteiger charge is 2.24. The Morgan fingerprint density at radius 3 is 0.648 bits per heavy atom. The molecule has 0 aliphatic heterocycles. The van der Waals surface area contributed by atoms with Crippen molar-refractivity contribution in [1.29, 1.82) is 0 Å². The van der Waals surface area contributed by atoms with Crippen LogP contribution in [-0.4, -0.2) is 164 Å². The van der Waals surface area contributed by atoms with Crippen LogP contribution in [-0.2, 0) is 48.5 Å². The Hall–Kier alpha value is -6.71. The molecule has 0 aromatic heterocycles. The molecule has 128 heavy (non-hydrogen) atoms. The lowest BCUT2D eigenvalue weighted by Gasteiger charge is -2.27. The van der Waals surface area contributed by atoms with Gasteiger partial charge in [0.1, 0.15) is 31.3 Å². The fraction of sp³-hybridized carbons (Fsp3) is 0.785. The third kappa shape index (κ3) is 65.0. The van der Waals surface area contributed by atoms with Gasteiger partial charge in [0.15, 0.2) is 23.0 Å². The van der Waals surface area contributed by atoms with Crippen molar-refractivity contribution in [3.63, 3.8) is 0 Å². The van der Waals surface area contributed by atoms with Gasteiger partial charge in [0, 0.05) is 32.2 Å². The average Bonchev–Trinajstić information content (AvgIpc) is 0.822. The number of carbonyl (C=O) groups is 5. The van der Waals surface area contributed by atoms with Crippen molar-refractivity contribution < 1.29 is 87.0 Å². The monoisotopic (exact) mass is 1800 g/mol. The summed E-state index contributed by atoms with van der Waals surface area (Å²) < 4.78 is 60.8. The lowest BCUT2D eigenvalue weighted by atomic mass is 10.1. The molecule has 21 heteroatoms. The van der Waals surface area contributed by atoms with Crippen molar-refractivity contribution in [3.8, 4) is 46.0 Å². The number of carboxylic acid groups (broad SMARTS) is 4. The van der Waals surface area contributed by atoms with Crippen molar-refractivity contribution in [2.45, 2.75) is 447 Å². The molecule has 0 spiro atoms. The Morgan fingerprint density at radius 1 is 0.219 bits per heavy atom. The molecule has 3 aromatic carbocycles. The maximum Gasteiger partial charge on any atom is 0.320 e. The maximum atomic E-state index is 14.1. The van der Waals surface area contributed by atoms with Gasteiger partial charge in [0.25, 0.3) is 0 Å². The van der Waals surface area contributed by atoms with Gasteiger partial charge < -0.3 is 63.1 Å². The number of esters is 1. The number of carbonyl (C=O) groups excluding carboxylic acids is 1. The number of nitrogens with zero attached hydrogens (tertiary/aromatic N) is 3. The van der Waals surface area contributed by atoms with Gasteiger partial charge in [-0.1, -0.05) is 388 Å². The molecule has 21 nitrogen and oxygen atoms in total. The first-order valence-electron chi connectivity index (χ1n) is 52.3. The second-order valence-electron chi connectivity index (χ2n) is 36.3. The zero-order chi connectivity index (χ0) is 92.4. The van der Waals surface area contributed by atoms with Crippen molar-refractivity contribution in [3.05, 3.63) is 59.2 Å². The molecular weight excluding hydrogens is 1620 g/mol. The topological polar surface area (TPSA) is 259 Å². The summed E-state index contributed by atoms with van der Waals surface area (Å²) in [5, 5.41) is 38.9. The van der Waals surface area contributed by atoms with Crippen LogP contribution in [0.1, 0.15) is 443 Å². The van der Waals surface area contributed by atoms with Crippen LogP contribution in [0.25, 0.3) is 0 Å². The molecule has 0 radical (unpaired) electrons. The van der Waals surface area contributed by atoms with E-state index in [0.717, 1.165) is 119 Å². The van der Waals surface area contributed by atoms with Crippen molar-refractivity contribution in [2.75, 3.05) is 98.5 Å². The van der Waals surface area contributed by atoms with Crippen LogP contribution in [0.4, 0.5) is 0 Å². The fourth-order valence-electron chi connectivity index (χ4n) is 16.4. The Labute approximate surface area is 777 Å². The first-order chi connectivity index (χ1) is 62.6. The molecule has 0 amide bonds. The molecule has 0 heterocycles. The van der Waals surface area contributed by atoms with Crippen LogP contribution in [0.5, 0.6) is 46.0 Å². The van der Waals surface area contributed by atoms with Gasteiger partial charge in [-0.2, -0.15) is 0 Å². The number of aliphatic carboxylic acids is 4. The van der Waals surface area contributed by atoms with E-state index in [1.807, 2.05) is 30.3 Å². The molecule has 4 N–H and O–H groups in total. The highest BCUT2D eigenvalue weighted by atomic mass is 16.6. The third-order valence-corrected chi connectivity index (χ3v) is 24.1. The average molecular weight is 1800 g/mol. The molecule has 0 aliphatic rings. The standard InChI is InChI=1S/C107H185N3O18/c1-7-13-19-25-31-37-43-49-55-61-71-120-97-79-93(80-98(121-72-62-56-50-44-38-32-26-20-14-8-2)106(97)124-75-65-59-53-47-41-35-29-23-17-11-5)89-126-95-77-92(91-128-105(119)88-110(87-104(117)118)70-68-108(84-101(111)112)67-69-109(85-102(113)114)86-103(115)116)78-96(83-95)127-90-94-81-99(122-73-63-57-51-45-39-33-27-21-15-9-3)107(125-76-66-60-54-48-42-36-30-24-18-12-6)100(82-94)123-74-64-58-52-46-40-34-28-22-16-10-4/h77-83H,7-76,84-91H2,1-6H3,(H,111,112)(H,113,114)(H,115,116)(H,117,118). The minimum Gasteiger partial charge on any atom is -0.490 e. The molecule has 0 atom stereocenters. The summed E-state index contributed by atoms with van der Waals surface area (Å²) in [6, 6.07) is 13.5. The van der Waals surface area contributed by atoms with Crippen LogP contribution < -0.4 is 37.9 Å². The van der Waals surface area contributed by atoms with E-state index < -0.39 is 62.6 Å². The van der Waals surface area contributed by atoms with Gasteiger partial charge in [0.2, 0.25) is 11.5 Å². The summed E-state index contributed by atoms with van der Waals surface area (Å²) in [5.74, 6) is -1.13. The van der Waals surface area contributed by atoms with E-state index in [4.69, 9.17) is 42.6 Å². The van der Waals surface area contributed by atoms with E-state index in [9.17, 15) is 44.4 Å². The largest absolute Gasteiger partial charge is 0.490 e. The van der Waals surface area contributed by atoms with Crippen LogP contribution >= 0.6 is 0 Å². The van der Waals surface area contributed by atoms with E-state index in [2.05, 4.69) is 41.5 Å². The first kappa shape index (κ1) is 115. The van der Waals surface area contributed by atoms with Crippen molar-refractivity contribution >= 4 is 29.8 Å². The molecule has 0 bridgehead atoms. The second kappa shape index (κ2) is 82.2. The summed E-state index contributed by atoms with van der Waals surface area (Å²) in [6.45, 7) is 13.6. The normalized spacial score (nSPS) is 11.5. The molecular formula is C107H185N3O18. The number of carboxylic acids is 4. The number of hydrogen-bond donors (Lipinski definition) is 4. The molecule has 0 saturated carbocycles. The number of unbranched alkanes of at least 4 members (excludes halogenated alkanes) is 54. The van der Waals surface area contributed by atoms with Crippen molar-refractivity contribution in [1.82, 2.24) is 14.7 Å². The molecule has 0 fully saturated rings. The van der Waals surface area contributed by atoms with Gasteiger partial charge in [-0.3, -0.25) is 38.7 Å². The molecule has 3 rings (SSSR count). The van der Waals surface area contributed by atoms with Crippen LogP contribution in [0.3, 0.4) is 0 Å². The van der Waals surface area contributed by atoms with Gasteiger partial charge in [0.05, 0.1) is 72.4 Å². The summed E-state index contributed by atoms with van der Waals surface area (Å²) >= 11 is 0. The summed E-state index contributed by atoms with van der Waals surface area (Å²) in [4.78, 5) is 65.8. The van der Waals surface area contributed by atoms with Crippen LogP contribution in [0, 0.1) is 0 Å². The van der Waals surface area contributed by atoms with Crippen molar-refractivity contribution in [2.24, 2.45) is 0 Å². The highest BCUT2D eigenvalue weighted by molar-refractivity contribution is 5.74. The number of rotatable bonds is 96. The third-order valence-electron chi connectivity index (χ3n) is 24.1. The fourth-order valence-corrected chi connectivity index (χ4v) is 16.4. The first-order valence-corrected chi connectivity index (χ1v) is 52.3. The second-order valence-corrected chi connectivity index (χ2v) is 36.3. The minimum absolute atomic E-state index is 0.0505. The summed E-state index contributed by atoms with van der Waals surface area (Å²) in [5.41, 5.74) is 2.12. The predicted octanol–water partition coefficient (Wildman–Crippen LogP) is 27.9. The Morgan fingerprint density at radius 2 is 0.414 bits per heavy atom. The molecule has 3 aromatic rings. The number of benzene rings is 3. The number of hydrogen-bond acceptors (Lipinski definition) is 17. The number of ether oxygens (including phenoxy) is 9. The summed E-state index contributed by atoms with van der Waals surface area (Å²) in [7, 11) is 0. The van der Waals surface area contributed by atoms with Gasteiger partial charge in [-0.25, -0.2) is 0 Å². The van der Waals surface area contributed by atoms with E-state index in [1.54, 1.807) is 12.1 Å². The zero-order valence-corrected chi connectivity index (χ0v) is 82.0. The lowest BCUT2D eigenvalue weighted by Crippen LogP contribution is -2.45. The Kier molecular flexibility index (Phi) is 74.2. The molecule has 0 saturated heterocycles. The van der Waals surface area contributed by atoms with E-state index in [-0.39, 0.29) is 46.0 Å². The Balaban J connectivity index is 2.20. The summed E-state index contributed by atoms with van der Waals surface area (Å²) in [6.07, 6.45) is 72.5. The molecule has 0 unspecified atom stereocenters. The smallest absolute Gasteiger partial charge is 0.320 e. The van der Waals surface area contributed by atoms with E-state index in [0.29, 0.717) is 91.2 Å². The zero-order valence-electron chi connectivity index (χ0n) is 82.0. The van der Waals surface area contributed by atoms with Crippen LogP contribution in [0.15, 0.2) is 42.5 Å². The predicted molar refractivity (Wildman–Crippen MR) is 522 cm³/mol. The minimum atomic E-state index is -1.25. The quantitative estimate of drug-likeness (QED) is 0.0302. The van der Waals surface area contributed by atoms with Gasteiger partial charge in [-0.15, -0.1) is 0 Å². The van der Waals surface area contributed by atoms with Crippen LogP contribution in [0.2, 0.25) is 0 Å². The van der Waals surface area contributed by atoms with Gasteiger partial charge in [-0.05, 0) is 91.6 Å². The maximum absolute atomic E-state index is 14.1. The van der Waals surface area contributed by atoms with E-state index in [1.165, 1.54) is 292 Å². The van der Waals surface area contributed by atoms with Gasteiger partial charge >= 0.3 is 29.8 Å². The molecule has 736 valence electrons. The lowest BCUT2D eigenvalue weighted by molar-refractivity contribution is -0.148. The SMILES string of the molecule is CCCCCCCCCCCCOc1cc(COc2cc(COC(=O)CN(CCN(CCN(CC(=O)O)CC(=O)O)CC(=O)O)CC(=O)O)cc(OCc3cc(OCCCCCCCCCCCC)c(OCCCCCCCCCCCC)c(OCCCCCCCCCCCC)c3)c2)cc(OCCCCCCCCCCCC)c1OCCCCCCCCCCCC. The highest BCUT2D eigenvalue weighted by Crippen LogP contribution is 2.42.